The maximum absolute atomic E-state index is 10.5. The molecule has 0 heterocycles. The van der Waals surface area contributed by atoms with Crippen molar-refractivity contribution >= 4 is 29.9 Å². The van der Waals surface area contributed by atoms with Crippen molar-refractivity contribution in [3.8, 4) is 23.0 Å². The smallest absolute Gasteiger partial charge is 0.192 e. The second kappa shape index (κ2) is 9.41. The zero-order valence-corrected chi connectivity index (χ0v) is 22.2. The molecule has 0 atom stereocenters. The van der Waals surface area contributed by atoms with Crippen LogP contribution in [0.5, 0.6) is 23.0 Å². The van der Waals surface area contributed by atoms with Crippen LogP contribution in [0.4, 0.5) is 0 Å². The molecule has 33 heavy (non-hydrogen) atoms. The van der Waals surface area contributed by atoms with Gasteiger partial charge < -0.3 is 28.5 Å². The standard InChI is InChI=1S/C26H36O6Si/c1-26(2,3)33(8,9)32-15-21-19-13-25(31-7)23(29-5)11-17(19)16-10-22(28-4)24(30-6)12-18(16)20(21)14-27/h10-13,27H,14-15H2,1-9H3. The molecule has 0 aliphatic rings. The zero-order valence-electron chi connectivity index (χ0n) is 21.2. The first-order valence-corrected chi connectivity index (χ1v) is 13.9. The Morgan fingerprint density at radius 3 is 1.36 bits per heavy atom. The molecule has 0 aliphatic carbocycles. The van der Waals surface area contributed by atoms with E-state index >= 15 is 0 Å². The summed E-state index contributed by atoms with van der Waals surface area (Å²) in [6.45, 7) is 11.4. The number of aliphatic hydroxyl groups is 1. The molecule has 0 bridgehead atoms. The number of ether oxygens (including phenoxy) is 4. The minimum atomic E-state index is -2.03. The Bertz CT molecular complexity index is 1160. The first-order valence-electron chi connectivity index (χ1n) is 11.0. The Labute approximate surface area is 197 Å². The van der Waals surface area contributed by atoms with Crippen LogP contribution < -0.4 is 18.9 Å². The normalized spacial score (nSPS) is 12.3. The van der Waals surface area contributed by atoms with Crippen molar-refractivity contribution in [3.63, 3.8) is 0 Å². The average molecular weight is 473 g/mol. The summed E-state index contributed by atoms with van der Waals surface area (Å²) in [5.41, 5.74) is 1.75. The maximum Gasteiger partial charge on any atom is 0.192 e. The first kappa shape index (κ1) is 25.1. The molecule has 1 N–H and O–H groups in total. The molecular weight excluding hydrogens is 436 g/mol. The average Bonchev–Trinajstić information content (AvgIpc) is 2.79. The summed E-state index contributed by atoms with van der Waals surface area (Å²) in [5.74, 6) is 2.49. The van der Waals surface area contributed by atoms with Gasteiger partial charge in [-0.3, -0.25) is 0 Å². The minimum absolute atomic E-state index is 0.0660. The number of aliphatic hydroxyl groups excluding tert-OH is 1. The van der Waals surface area contributed by atoms with Crippen LogP contribution in [0.3, 0.4) is 0 Å². The molecule has 0 radical (unpaired) electrons. The lowest BCUT2D eigenvalue weighted by atomic mass is 9.91. The topological polar surface area (TPSA) is 66.4 Å². The highest BCUT2D eigenvalue weighted by atomic mass is 28.4. The van der Waals surface area contributed by atoms with Crippen molar-refractivity contribution < 1.29 is 28.5 Å². The second-order valence-electron chi connectivity index (χ2n) is 9.67. The third kappa shape index (κ3) is 4.49. The molecule has 0 saturated carbocycles. The highest BCUT2D eigenvalue weighted by molar-refractivity contribution is 6.74. The highest BCUT2D eigenvalue weighted by Crippen LogP contribution is 2.44. The van der Waals surface area contributed by atoms with E-state index in [1.807, 2.05) is 24.3 Å². The fraction of sp³-hybridized carbons (Fsp3) is 0.462. The Morgan fingerprint density at radius 1 is 0.667 bits per heavy atom. The molecule has 0 aromatic heterocycles. The lowest BCUT2D eigenvalue weighted by molar-refractivity contribution is 0.261. The fourth-order valence-electron chi connectivity index (χ4n) is 3.84. The zero-order chi connectivity index (χ0) is 24.6. The largest absolute Gasteiger partial charge is 0.493 e. The van der Waals surface area contributed by atoms with E-state index in [0.29, 0.717) is 29.6 Å². The van der Waals surface area contributed by atoms with Gasteiger partial charge in [-0.2, -0.15) is 0 Å². The molecule has 3 aromatic rings. The molecule has 3 rings (SSSR count). The number of hydrogen-bond donors (Lipinski definition) is 1. The van der Waals surface area contributed by atoms with Gasteiger partial charge in [0.25, 0.3) is 0 Å². The number of methoxy groups -OCH3 is 4. The van der Waals surface area contributed by atoms with Crippen molar-refractivity contribution in [1.29, 1.82) is 0 Å². The van der Waals surface area contributed by atoms with Gasteiger partial charge in [0.2, 0.25) is 0 Å². The fourth-order valence-corrected chi connectivity index (χ4v) is 4.78. The predicted molar refractivity (Wildman–Crippen MR) is 136 cm³/mol. The maximum atomic E-state index is 10.5. The van der Waals surface area contributed by atoms with Gasteiger partial charge in [-0.1, -0.05) is 20.8 Å². The number of hydrogen-bond acceptors (Lipinski definition) is 6. The van der Waals surface area contributed by atoms with Crippen LogP contribution in [0.25, 0.3) is 21.5 Å². The van der Waals surface area contributed by atoms with E-state index in [9.17, 15) is 5.11 Å². The Morgan fingerprint density at radius 2 is 1.03 bits per heavy atom. The van der Waals surface area contributed by atoms with Gasteiger partial charge in [-0.15, -0.1) is 0 Å². The minimum Gasteiger partial charge on any atom is -0.493 e. The van der Waals surface area contributed by atoms with E-state index in [2.05, 4.69) is 33.9 Å². The van der Waals surface area contributed by atoms with Crippen LogP contribution in [0.2, 0.25) is 18.1 Å². The number of benzene rings is 3. The second-order valence-corrected chi connectivity index (χ2v) is 14.5. The van der Waals surface area contributed by atoms with E-state index in [4.69, 9.17) is 23.4 Å². The van der Waals surface area contributed by atoms with Crippen LogP contribution in [0.1, 0.15) is 31.9 Å². The molecule has 180 valence electrons. The van der Waals surface area contributed by atoms with Crippen LogP contribution in [0, 0.1) is 0 Å². The first-order chi connectivity index (χ1) is 15.5. The van der Waals surface area contributed by atoms with Gasteiger partial charge in [0.1, 0.15) is 0 Å². The van der Waals surface area contributed by atoms with E-state index in [-0.39, 0.29) is 11.6 Å². The van der Waals surface area contributed by atoms with Crippen LogP contribution in [0.15, 0.2) is 24.3 Å². The van der Waals surface area contributed by atoms with Gasteiger partial charge in [0, 0.05) is 0 Å². The summed E-state index contributed by atoms with van der Waals surface area (Å²) in [5, 5.41) is 14.3. The van der Waals surface area contributed by atoms with E-state index in [1.165, 1.54) is 0 Å². The SMILES string of the molecule is COc1cc2c(CO)c(CO[Si](C)(C)C(C)(C)C)c3cc(OC)c(OC)cc3c2cc1OC. The Kier molecular flexibility index (Phi) is 7.17. The van der Waals surface area contributed by atoms with Crippen molar-refractivity contribution in [2.75, 3.05) is 28.4 Å². The molecular formula is C26H36O6Si. The summed E-state index contributed by atoms with van der Waals surface area (Å²) in [4.78, 5) is 0. The van der Waals surface area contributed by atoms with E-state index in [1.54, 1.807) is 28.4 Å². The highest BCUT2D eigenvalue weighted by Gasteiger charge is 2.37. The van der Waals surface area contributed by atoms with Crippen molar-refractivity contribution in [2.45, 2.75) is 52.1 Å². The monoisotopic (exact) mass is 472 g/mol. The van der Waals surface area contributed by atoms with Crippen LogP contribution in [-0.2, 0) is 17.6 Å². The predicted octanol–water partition coefficient (Wildman–Crippen LogP) is 6.04. The van der Waals surface area contributed by atoms with Gasteiger partial charge in [0.05, 0.1) is 41.7 Å². The van der Waals surface area contributed by atoms with Crippen molar-refractivity contribution in [2.24, 2.45) is 0 Å². The summed E-state index contributed by atoms with van der Waals surface area (Å²) in [6, 6.07) is 7.80. The summed E-state index contributed by atoms with van der Waals surface area (Å²) in [7, 11) is 4.44. The van der Waals surface area contributed by atoms with Crippen LogP contribution in [-0.4, -0.2) is 41.9 Å². The quantitative estimate of drug-likeness (QED) is 0.318. The summed E-state index contributed by atoms with van der Waals surface area (Å²) in [6.07, 6.45) is 0. The van der Waals surface area contributed by atoms with Crippen LogP contribution >= 0.6 is 0 Å². The molecule has 0 amide bonds. The third-order valence-electron chi connectivity index (χ3n) is 6.89. The molecule has 6 nitrogen and oxygen atoms in total. The van der Waals surface area contributed by atoms with Crippen molar-refractivity contribution in [1.82, 2.24) is 0 Å². The van der Waals surface area contributed by atoms with E-state index < -0.39 is 8.32 Å². The molecule has 3 aromatic carbocycles. The van der Waals surface area contributed by atoms with E-state index in [0.717, 1.165) is 32.7 Å². The molecule has 0 fully saturated rings. The Hall–Kier alpha value is -2.48. The van der Waals surface area contributed by atoms with Gasteiger partial charge in [0.15, 0.2) is 31.3 Å². The van der Waals surface area contributed by atoms with Gasteiger partial charge >= 0.3 is 0 Å². The summed E-state index contributed by atoms with van der Waals surface area (Å²) < 4.78 is 28.9. The number of rotatable bonds is 8. The van der Waals surface area contributed by atoms with Gasteiger partial charge in [-0.05, 0) is 75.1 Å². The molecule has 7 heteroatoms. The van der Waals surface area contributed by atoms with Crippen molar-refractivity contribution in [3.05, 3.63) is 35.4 Å². The molecule has 0 aliphatic heterocycles. The molecule has 0 unspecified atom stereocenters. The van der Waals surface area contributed by atoms with Gasteiger partial charge in [-0.25, -0.2) is 0 Å². The Balaban J connectivity index is 2.41. The molecule has 0 spiro atoms. The lowest BCUT2D eigenvalue weighted by Crippen LogP contribution is -2.40. The third-order valence-corrected chi connectivity index (χ3v) is 11.4. The summed E-state index contributed by atoms with van der Waals surface area (Å²) >= 11 is 0. The molecule has 0 saturated heterocycles. The lowest BCUT2D eigenvalue weighted by Gasteiger charge is -2.36. The number of fused-ring (bicyclic) bond motifs is 3.